The van der Waals surface area contributed by atoms with Gasteiger partial charge in [0.15, 0.2) is 0 Å². The van der Waals surface area contributed by atoms with Crippen molar-refractivity contribution in [1.29, 1.82) is 0 Å². The molecule has 1 aliphatic heterocycles. The number of nitrogens with zero attached hydrogens (tertiary/aromatic N) is 3. The number of hydrogen-bond acceptors (Lipinski definition) is 8. The third-order valence-electron chi connectivity index (χ3n) is 4.86. The summed E-state index contributed by atoms with van der Waals surface area (Å²) in [6, 6.07) is -0.895. The number of nitrogens with one attached hydrogen (secondary N) is 1. The molecule has 0 radical (unpaired) electrons. The van der Waals surface area contributed by atoms with Crippen molar-refractivity contribution in [2.75, 3.05) is 65.4 Å². The number of carboxylic acids is 3. The first-order valence-electron chi connectivity index (χ1n) is 10.0. The van der Waals surface area contributed by atoms with E-state index < -0.39 is 23.9 Å². The normalized spacial score (nSPS) is 18.0. The van der Waals surface area contributed by atoms with Gasteiger partial charge in [0, 0.05) is 45.8 Å². The van der Waals surface area contributed by atoms with E-state index in [1.54, 1.807) is 9.80 Å². The molecule has 1 saturated heterocycles. The Morgan fingerprint density at radius 3 is 1.60 bits per heavy atom. The summed E-state index contributed by atoms with van der Waals surface area (Å²) in [6.07, 6.45) is 1.55. The fourth-order valence-corrected chi connectivity index (χ4v) is 3.14. The summed E-state index contributed by atoms with van der Waals surface area (Å²) < 4.78 is 0. The molecule has 0 saturated carbocycles. The van der Waals surface area contributed by atoms with E-state index >= 15 is 0 Å². The molecule has 12 heteroatoms. The topological polar surface area (TPSA) is 177 Å². The van der Waals surface area contributed by atoms with Crippen molar-refractivity contribution in [3.05, 3.63) is 0 Å². The van der Waals surface area contributed by atoms with Gasteiger partial charge in [-0.1, -0.05) is 0 Å². The maximum atomic E-state index is 12.2. The molecule has 1 rings (SSSR count). The van der Waals surface area contributed by atoms with Crippen LogP contribution in [0.1, 0.15) is 19.3 Å². The molecule has 1 heterocycles. The van der Waals surface area contributed by atoms with Gasteiger partial charge in [0.25, 0.3) is 0 Å². The summed E-state index contributed by atoms with van der Waals surface area (Å²) in [7, 11) is 0. The third kappa shape index (κ3) is 11.7. The highest BCUT2D eigenvalue weighted by Crippen LogP contribution is 2.02. The minimum atomic E-state index is -1.04. The molecule has 0 aromatic rings. The van der Waals surface area contributed by atoms with Crippen LogP contribution in [-0.2, 0) is 19.2 Å². The second kappa shape index (κ2) is 13.9. The standard InChI is InChI=1S/C18H33N5O7/c19-14(18(29)30)3-1-2-4-20-15(24)11-21-5-7-22(12-16(25)26)9-10-23(8-6-21)13-17(27)28/h14H,1-13,19H2,(H,20,24)(H,25,26)(H,27,28)(H,29,30). The predicted octanol–water partition coefficient (Wildman–Crippen LogP) is -2.23. The molecule has 1 unspecified atom stereocenters. The van der Waals surface area contributed by atoms with Gasteiger partial charge in [0.2, 0.25) is 5.91 Å². The number of carbonyl (C=O) groups excluding carboxylic acids is 1. The Hall–Kier alpha value is -2.28. The van der Waals surface area contributed by atoms with Crippen LogP contribution in [0.25, 0.3) is 0 Å². The number of aliphatic carboxylic acids is 3. The van der Waals surface area contributed by atoms with Crippen molar-refractivity contribution in [1.82, 2.24) is 20.0 Å². The Morgan fingerprint density at radius 2 is 1.20 bits per heavy atom. The Morgan fingerprint density at radius 1 is 0.767 bits per heavy atom. The molecule has 1 amide bonds. The number of nitrogens with two attached hydrogens (primary N) is 1. The molecule has 1 aliphatic rings. The van der Waals surface area contributed by atoms with Crippen LogP contribution in [0.5, 0.6) is 0 Å². The summed E-state index contributed by atoms with van der Waals surface area (Å²) in [6.45, 7) is 3.06. The second-order valence-electron chi connectivity index (χ2n) is 7.41. The molecule has 0 aromatic heterocycles. The quantitative estimate of drug-likeness (QED) is 0.211. The Balaban J connectivity index is 2.48. The van der Waals surface area contributed by atoms with Crippen molar-refractivity contribution in [2.24, 2.45) is 5.73 Å². The second-order valence-corrected chi connectivity index (χ2v) is 7.41. The molecular weight excluding hydrogens is 398 g/mol. The SMILES string of the molecule is NC(CCCCNC(=O)CN1CCN(CC(=O)O)CCN(CC(=O)O)CC1)C(=O)O. The molecule has 0 spiro atoms. The molecule has 172 valence electrons. The van der Waals surface area contributed by atoms with Gasteiger partial charge in [-0.15, -0.1) is 0 Å². The lowest BCUT2D eigenvalue weighted by Gasteiger charge is -2.24. The van der Waals surface area contributed by atoms with E-state index in [9.17, 15) is 19.2 Å². The van der Waals surface area contributed by atoms with Gasteiger partial charge in [-0.25, -0.2) is 0 Å². The van der Waals surface area contributed by atoms with Gasteiger partial charge in [-0.2, -0.15) is 0 Å². The van der Waals surface area contributed by atoms with Crippen molar-refractivity contribution in [2.45, 2.75) is 25.3 Å². The lowest BCUT2D eigenvalue weighted by atomic mass is 10.1. The highest BCUT2D eigenvalue weighted by atomic mass is 16.4. The van der Waals surface area contributed by atoms with Crippen LogP contribution in [0.2, 0.25) is 0 Å². The summed E-state index contributed by atoms with van der Waals surface area (Å²) in [5, 5.41) is 29.6. The molecule has 12 nitrogen and oxygen atoms in total. The summed E-state index contributed by atoms with van der Waals surface area (Å²) in [4.78, 5) is 50.4. The first kappa shape index (κ1) is 25.8. The fraction of sp³-hybridized carbons (Fsp3) is 0.778. The Bertz CT molecular complexity index is 561. The van der Waals surface area contributed by atoms with E-state index in [-0.39, 0.29) is 25.5 Å². The Kier molecular flexibility index (Phi) is 11.9. The van der Waals surface area contributed by atoms with E-state index in [1.165, 1.54) is 0 Å². The van der Waals surface area contributed by atoms with Crippen LogP contribution in [0.3, 0.4) is 0 Å². The predicted molar refractivity (Wildman–Crippen MR) is 107 cm³/mol. The fourth-order valence-electron chi connectivity index (χ4n) is 3.14. The van der Waals surface area contributed by atoms with Gasteiger partial charge in [-0.3, -0.25) is 33.9 Å². The maximum Gasteiger partial charge on any atom is 0.320 e. The molecular formula is C18H33N5O7. The Labute approximate surface area is 175 Å². The highest BCUT2D eigenvalue weighted by Gasteiger charge is 2.20. The van der Waals surface area contributed by atoms with Gasteiger partial charge >= 0.3 is 17.9 Å². The summed E-state index contributed by atoms with van der Waals surface area (Å²) in [5.74, 6) is -3.14. The first-order chi connectivity index (χ1) is 14.2. The van der Waals surface area contributed by atoms with E-state index in [4.69, 9.17) is 21.1 Å². The van der Waals surface area contributed by atoms with E-state index in [2.05, 4.69) is 5.32 Å². The molecule has 1 atom stereocenters. The van der Waals surface area contributed by atoms with Crippen molar-refractivity contribution in [3.8, 4) is 0 Å². The number of hydrogen-bond donors (Lipinski definition) is 5. The summed E-state index contributed by atoms with van der Waals surface area (Å²) >= 11 is 0. The number of amides is 1. The minimum absolute atomic E-state index is 0.121. The van der Waals surface area contributed by atoms with Crippen LogP contribution in [0.4, 0.5) is 0 Å². The number of unbranched alkanes of at least 4 members (excludes halogenated alkanes) is 1. The average Bonchev–Trinajstić information content (AvgIpc) is 2.73. The van der Waals surface area contributed by atoms with E-state index in [1.807, 2.05) is 4.90 Å². The van der Waals surface area contributed by atoms with Crippen LogP contribution in [-0.4, -0.2) is 125 Å². The average molecular weight is 431 g/mol. The molecule has 6 N–H and O–H groups in total. The number of carbonyl (C=O) groups is 4. The van der Waals surface area contributed by atoms with Gasteiger partial charge < -0.3 is 26.4 Å². The zero-order valence-corrected chi connectivity index (χ0v) is 17.2. The molecule has 0 aromatic carbocycles. The maximum absolute atomic E-state index is 12.2. The molecule has 30 heavy (non-hydrogen) atoms. The van der Waals surface area contributed by atoms with Gasteiger partial charge in [0.05, 0.1) is 19.6 Å². The largest absolute Gasteiger partial charge is 0.480 e. The monoisotopic (exact) mass is 431 g/mol. The van der Waals surface area contributed by atoms with Crippen molar-refractivity contribution >= 4 is 23.8 Å². The van der Waals surface area contributed by atoms with Crippen LogP contribution in [0, 0.1) is 0 Å². The zero-order chi connectivity index (χ0) is 22.5. The lowest BCUT2D eigenvalue weighted by molar-refractivity contribution is -0.140. The molecule has 0 aliphatic carbocycles. The van der Waals surface area contributed by atoms with Crippen LogP contribution in [0.15, 0.2) is 0 Å². The molecule has 0 bridgehead atoms. The minimum Gasteiger partial charge on any atom is -0.480 e. The van der Waals surface area contributed by atoms with Gasteiger partial charge in [0.1, 0.15) is 6.04 Å². The first-order valence-corrected chi connectivity index (χ1v) is 10.0. The van der Waals surface area contributed by atoms with Gasteiger partial charge in [-0.05, 0) is 19.3 Å². The van der Waals surface area contributed by atoms with Crippen molar-refractivity contribution < 1.29 is 34.5 Å². The lowest BCUT2D eigenvalue weighted by Crippen LogP contribution is -2.43. The zero-order valence-electron chi connectivity index (χ0n) is 17.2. The summed E-state index contributed by atoms with van der Waals surface area (Å²) in [5.41, 5.74) is 5.43. The highest BCUT2D eigenvalue weighted by molar-refractivity contribution is 5.78. The van der Waals surface area contributed by atoms with Crippen molar-refractivity contribution in [3.63, 3.8) is 0 Å². The molecule has 1 fully saturated rings. The third-order valence-corrected chi connectivity index (χ3v) is 4.86. The number of rotatable bonds is 12. The van der Waals surface area contributed by atoms with Crippen LogP contribution >= 0.6 is 0 Å². The van der Waals surface area contributed by atoms with E-state index in [0.717, 1.165) is 0 Å². The van der Waals surface area contributed by atoms with E-state index in [0.29, 0.717) is 65.1 Å². The smallest absolute Gasteiger partial charge is 0.320 e. The van der Waals surface area contributed by atoms with Crippen LogP contribution < -0.4 is 11.1 Å². The number of carboxylic acid groups (broad SMARTS) is 3.